The van der Waals surface area contributed by atoms with E-state index in [-0.39, 0.29) is 96.0 Å². The predicted octanol–water partition coefficient (Wildman–Crippen LogP) is 11.8. The maximum absolute atomic E-state index is 13.3. The molecule has 8 N–H and O–H groups in total. The Morgan fingerprint density at radius 1 is 0.609 bits per heavy atom. The third-order valence-electron chi connectivity index (χ3n) is 15.3. The predicted molar refractivity (Wildman–Crippen MR) is 360 cm³/mol. The quantitative estimate of drug-likeness (QED) is 0.0505. The Kier molecular flexibility index (Phi) is 22.5. The lowest BCUT2D eigenvalue weighted by molar-refractivity contribution is -0.120. The van der Waals surface area contributed by atoms with Crippen LogP contribution in [0.2, 0.25) is 17.3 Å². The Labute approximate surface area is 566 Å². The first-order chi connectivity index (χ1) is 44.0. The normalized spacial score (nSPS) is 22.6. The summed E-state index contributed by atoms with van der Waals surface area (Å²) in [6, 6.07) is 32.9. The second-order valence-electron chi connectivity index (χ2n) is 21.9. The molecule has 2 saturated carbocycles. The van der Waals surface area contributed by atoms with Crippen LogP contribution in [0.1, 0.15) is 114 Å². The molecule has 8 aromatic rings. The van der Waals surface area contributed by atoms with E-state index in [2.05, 4.69) is 35.8 Å². The monoisotopic (exact) mass is 1450 g/mol. The number of carbonyl (C=O) groups is 5. The minimum absolute atomic E-state index is 0.0158. The molecule has 4 aliphatic heterocycles. The van der Waals surface area contributed by atoms with Gasteiger partial charge in [0.25, 0.3) is 0 Å². The molecule has 6 fully saturated rings. The zero-order valence-electron chi connectivity index (χ0n) is 49.1. The highest BCUT2D eigenvalue weighted by molar-refractivity contribution is 7.90. The molecular formula is C61H63Cl4FN10O10S6. The van der Waals surface area contributed by atoms with Crippen LogP contribution in [0.25, 0.3) is 16.6 Å². The SMILES string of the molecule is CC.N[C@H]1CC(=O)N[C@@H]1c1ccc(Cl)s1.O=C1C[C@H](NC(=O)OCc2ccccc2)[C@@H](c2ccc(Cl)s2)N1.O=C1C[C@H](NS(=O)(=O)C2CC2)C(c2ccc(Cl)s2)N1c1ccc2c(cnn2-c2ccc(F)cc2)c1.O=C1C[C@H](NS(=O)(=O)C2CC2)[C@@H](c2ccc(Cl)s2)N1. The van der Waals surface area contributed by atoms with Gasteiger partial charge in [0.15, 0.2) is 0 Å². The molecule has 92 heavy (non-hydrogen) atoms. The Bertz CT molecular complexity index is 4180. The zero-order valence-corrected chi connectivity index (χ0v) is 57.0. The summed E-state index contributed by atoms with van der Waals surface area (Å²) in [5, 5.41) is 15.8. The van der Waals surface area contributed by atoms with Crippen LogP contribution in [-0.2, 0) is 50.6 Å². The Morgan fingerprint density at radius 2 is 1.09 bits per heavy atom. The lowest BCUT2D eigenvalue weighted by atomic mass is 10.1. The minimum Gasteiger partial charge on any atom is -0.445 e. The average Bonchev–Trinajstić information content (AvgIpc) is 1.62. The lowest BCUT2D eigenvalue weighted by Gasteiger charge is -2.28. The second-order valence-corrected chi connectivity index (χ2v) is 32.9. The molecule has 0 radical (unpaired) electrons. The van der Waals surface area contributed by atoms with E-state index in [0.717, 1.165) is 40.3 Å². The fourth-order valence-corrected chi connectivity index (χ4v) is 18.7. The number of alkyl carbamates (subject to hydrolysis) is 1. The van der Waals surface area contributed by atoms with Crippen molar-refractivity contribution in [3.05, 3.63) is 176 Å². The number of benzene rings is 3. The van der Waals surface area contributed by atoms with Crippen LogP contribution in [0.5, 0.6) is 0 Å². The summed E-state index contributed by atoms with van der Waals surface area (Å²) >= 11 is 29.4. The number of nitrogens with zero attached hydrogens (tertiary/aromatic N) is 3. The van der Waals surface area contributed by atoms with Gasteiger partial charge in [0.2, 0.25) is 43.7 Å². The molecule has 14 rings (SSSR count). The molecule has 6 aliphatic rings. The van der Waals surface area contributed by atoms with Gasteiger partial charge in [0, 0.05) is 62.3 Å². The molecule has 488 valence electrons. The number of sulfonamides is 2. The van der Waals surface area contributed by atoms with Gasteiger partial charge in [0.1, 0.15) is 12.4 Å². The van der Waals surface area contributed by atoms with E-state index in [9.17, 15) is 45.2 Å². The van der Waals surface area contributed by atoms with Crippen molar-refractivity contribution >= 4 is 158 Å². The number of carbonyl (C=O) groups excluding carboxylic acids is 5. The summed E-state index contributed by atoms with van der Waals surface area (Å²) in [7, 11) is -6.79. The molecule has 1 unspecified atom stereocenters. The number of fused-ring (bicyclic) bond motifs is 1. The van der Waals surface area contributed by atoms with E-state index in [0.29, 0.717) is 56.5 Å². The van der Waals surface area contributed by atoms with Gasteiger partial charge in [0.05, 0.1) is 87.5 Å². The van der Waals surface area contributed by atoms with Crippen molar-refractivity contribution in [3.8, 4) is 5.69 Å². The van der Waals surface area contributed by atoms with Crippen LogP contribution in [0.4, 0.5) is 14.9 Å². The maximum Gasteiger partial charge on any atom is 0.407 e. The lowest BCUT2D eigenvalue weighted by Crippen LogP contribution is -2.41. The van der Waals surface area contributed by atoms with Crippen LogP contribution in [0, 0.1) is 5.82 Å². The van der Waals surface area contributed by atoms with Crippen LogP contribution < -0.4 is 41.3 Å². The first kappa shape index (κ1) is 68.8. The number of hydrogen-bond donors (Lipinski definition) is 7. The van der Waals surface area contributed by atoms with Crippen molar-refractivity contribution in [1.82, 2.24) is 40.5 Å². The van der Waals surface area contributed by atoms with Gasteiger partial charge in [-0.3, -0.25) is 19.2 Å². The molecule has 9 heterocycles. The minimum atomic E-state index is -3.50. The Hall–Kier alpha value is -6.05. The second kappa shape index (κ2) is 30.1. The molecule has 4 saturated heterocycles. The van der Waals surface area contributed by atoms with Gasteiger partial charge in [-0.1, -0.05) is 90.6 Å². The van der Waals surface area contributed by atoms with Crippen molar-refractivity contribution in [3.63, 3.8) is 0 Å². The van der Waals surface area contributed by atoms with Crippen LogP contribution in [-0.4, -0.2) is 91.0 Å². The molecule has 8 atom stereocenters. The van der Waals surface area contributed by atoms with Crippen LogP contribution in [0.3, 0.4) is 0 Å². The Morgan fingerprint density at radius 3 is 1.60 bits per heavy atom. The number of amides is 5. The first-order valence-corrected chi connectivity index (χ1v) is 37.1. The number of nitrogens with two attached hydrogens (primary N) is 1. The molecule has 20 nitrogen and oxygen atoms in total. The molecule has 0 bridgehead atoms. The highest BCUT2D eigenvalue weighted by Gasteiger charge is 2.47. The molecule has 3 aromatic carbocycles. The van der Waals surface area contributed by atoms with E-state index in [4.69, 9.17) is 56.9 Å². The number of thiophene rings is 4. The van der Waals surface area contributed by atoms with E-state index in [1.807, 2.05) is 92.7 Å². The van der Waals surface area contributed by atoms with Crippen molar-refractivity contribution in [2.75, 3.05) is 4.90 Å². The molecule has 31 heteroatoms. The van der Waals surface area contributed by atoms with Crippen LogP contribution in [0.15, 0.2) is 128 Å². The first-order valence-electron chi connectivity index (χ1n) is 29.2. The number of hydrogen-bond acceptors (Lipinski definition) is 16. The van der Waals surface area contributed by atoms with Gasteiger partial charge in [-0.15, -0.1) is 45.3 Å². The van der Waals surface area contributed by atoms with E-state index >= 15 is 0 Å². The number of ether oxygens (including phenoxy) is 1. The van der Waals surface area contributed by atoms with Gasteiger partial charge in [-0.2, -0.15) is 5.10 Å². The number of anilines is 1. The fourth-order valence-electron chi connectivity index (χ4n) is 10.7. The molecule has 5 amide bonds. The topological polar surface area (TPSA) is 282 Å². The number of halogens is 5. The highest BCUT2D eigenvalue weighted by atomic mass is 35.5. The van der Waals surface area contributed by atoms with E-state index in [1.54, 1.807) is 46.1 Å². The van der Waals surface area contributed by atoms with Crippen molar-refractivity contribution in [2.24, 2.45) is 5.73 Å². The number of nitrogens with one attached hydrogen (secondary N) is 6. The van der Waals surface area contributed by atoms with Crippen molar-refractivity contribution in [1.29, 1.82) is 0 Å². The van der Waals surface area contributed by atoms with E-state index in [1.165, 1.54) is 57.5 Å². The molecule has 5 aromatic heterocycles. The summed E-state index contributed by atoms with van der Waals surface area (Å²) in [5.41, 5.74) is 8.86. The third kappa shape index (κ3) is 17.3. The van der Waals surface area contributed by atoms with Crippen molar-refractivity contribution in [2.45, 2.75) is 131 Å². The summed E-state index contributed by atoms with van der Waals surface area (Å²) in [6.45, 7) is 4.19. The van der Waals surface area contributed by atoms with E-state index < -0.39 is 44.3 Å². The number of aromatic nitrogens is 2. The summed E-state index contributed by atoms with van der Waals surface area (Å²) < 4.78 is 77.6. The largest absolute Gasteiger partial charge is 0.445 e. The zero-order chi connectivity index (χ0) is 65.6. The average molecular weight is 1450 g/mol. The maximum atomic E-state index is 13.3. The summed E-state index contributed by atoms with van der Waals surface area (Å²) in [6.07, 6.45) is 4.70. The Balaban J connectivity index is 0.000000141. The fraction of sp³-hybridized carbons (Fsp3) is 0.344. The molecule has 0 spiro atoms. The van der Waals surface area contributed by atoms with Gasteiger partial charge < -0.3 is 36.6 Å². The molecule has 2 aliphatic carbocycles. The van der Waals surface area contributed by atoms with Crippen molar-refractivity contribution < 1.29 is 49.9 Å². The highest BCUT2D eigenvalue weighted by Crippen LogP contribution is 2.44. The summed E-state index contributed by atoms with van der Waals surface area (Å²) in [4.78, 5) is 64.7. The molecular weight excluding hydrogens is 1390 g/mol. The smallest absolute Gasteiger partial charge is 0.407 e. The van der Waals surface area contributed by atoms with Gasteiger partial charge in [-0.05, 0) is 122 Å². The van der Waals surface area contributed by atoms with Crippen LogP contribution >= 0.6 is 91.8 Å². The van der Waals surface area contributed by atoms with Gasteiger partial charge >= 0.3 is 6.09 Å². The summed E-state index contributed by atoms with van der Waals surface area (Å²) in [5.74, 6) is -0.729. The third-order valence-corrected chi connectivity index (χ3v) is 24.5. The van der Waals surface area contributed by atoms with Gasteiger partial charge in [-0.25, -0.2) is 40.1 Å². The number of rotatable bonds is 15. The standard InChI is InChI=1S/C24H20ClFN4O3S2.C16H15ClN2O3S.C11H13ClN2O3S2.C8H9ClN2OS.C2H6/c25-22-10-9-21(34-22)24-19(28-35(32,33)18-6-7-18)12-23(31)29(24)17-5-8-20-14(11-17)13-27-30(20)16-3-1-15(26)2-4-16;17-13-7-6-12(23-13)15-11(8-14(20)19-15)18-16(21)22-9-10-4-2-1-3-5-10;12-9-4-3-8(18-9)11-7(5-10(15)13-11)14-19(16,17)6-1-2-6;9-6-2-1-5(13-6)8-4(10)3-7(12)11-8;1-2/h1-5,8-11,13,18-19,24,28H,6-7,12H2;1-7,11,15H,8-9H2,(H,18,21)(H,19,20);3-4,6-7,11,14H,1-2,5H2,(H,13,15);1-2,4,8H,3,10H2,(H,11,12);1-2H3/t19-,24?;11-,15-;7-,11-;4-,8-;/m0000./s1.